The van der Waals surface area contributed by atoms with E-state index in [2.05, 4.69) is 10.0 Å². The van der Waals surface area contributed by atoms with Crippen LogP contribution in [0.3, 0.4) is 0 Å². The van der Waals surface area contributed by atoms with Crippen molar-refractivity contribution in [1.29, 1.82) is 0 Å². The topological polar surface area (TPSA) is 187 Å². The zero-order valence-electron chi connectivity index (χ0n) is 24.5. The zero-order valence-corrected chi connectivity index (χ0v) is 24.5. The van der Waals surface area contributed by atoms with Gasteiger partial charge in [0, 0.05) is 64.9 Å². The fourth-order valence-electron chi connectivity index (χ4n) is 4.45. The van der Waals surface area contributed by atoms with Gasteiger partial charge in [0.1, 0.15) is 12.7 Å². The number of carbonyl (C=O) groups is 5. The Bertz CT molecular complexity index is 1150. The molecule has 0 unspecified atom stereocenters. The highest BCUT2D eigenvalue weighted by Crippen LogP contribution is 2.32. The van der Waals surface area contributed by atoms with Gasteiger partial charge in [-0.25, -0.2) is 0 Å². The van der Waals surface area contributed by atoms with Crippen LogP contribution < -0.4 is 4.57 Å². The first-order valence-electron chi connectivity index (χ1n) is 13.5. The number of rotatable bonds is 14. The molecule has 2 rings (SSSR count). The molecule has 1 aliphatic rings. The minimum Gasteiger partial charge on any atom is -0.463 e. The lowest BCUT2D eigenvalue weighted by Crippen LogP contribution is -2.65. The van der Waals surface area contributed by atoms with Crippen LogP contribution in [-0.2, 0) is 42.9 Å². The van der Waals surface area contributed by atoms with E-state index in [-0.39, 0.29) is 12.5 Å². The van der Waals surface area contributed by atoms with E-state index in [9.17, 15) is 24.0 Å². The molecule has 0 N–H and O–H groups in total. The van der Waals surface area contributed by atoms with Gasteiger partial charge in [-0.2, -0.15) is 4.57 Å². The Labute approximate surface area is 243 Å². The van der Waals surface area contributed by atoms with Gasteiger partial charge in [0.15, 0.2) is 24.6 Å². The van der Waals surface area contributed by atoms with Crippen molar-refractivity contribution >= 4 is 29.8 Å². The summed E-state index contributed by atoms with van der Waals surface area (Å²) in [4.78, 5) is 64.8. The quantitative estimate of drug-likeness (QED) is 0.0589. The van der Waals surface area contributed by atoms with Crippen molar-refractivity contribution in [3.05, 3.63) is 40.5 Å². The van der Waals surface area contributed by atoms with Crippen LogP contribution in [0.25, 0.3) is 10.4 Å². The average molecular weight is 593 g/mol. The molecule has 0 spiro atoms. The lowest BCUT2D eigenvalue weighted by Gasteiger charge is -2.41. The van der Waals surface area contributed by atoms with Gasteiger partial charge in [0.25, 0.3) is 5.91 Å². The second-order valence-electron chi connectivity index (χ2n) is 9.72. The molecule has 42 heavy (non-hydrogen) atoms. The Morgan fingerprint density at radius 1 is 0.881 bits per heavy atom. The molecule has 1 saturated heterocycles. The van der Waals surface area contributed by atoms with Crippen molar-refractivity contribution in [1.82, 2.24) is 4.90 Å². The molecule has 0 aromatic carbocycles. The maximum Gasteiger partial charge on any atom is 0.304 e. The van der Waals surface area contributed by atoms with Gasteiger partial charge in [-0.3, -0.25) is 24.0 Å². The first kappa shape index (κ1) is 34.0. The van der Waals surface area contributed by atoms with Crippen LogP contribution in [0.4, 0.5) is 0 Å². The summed E-state index contributed by atoms with van der Waals surface area (Å²) in [5, 5.41) is 3.50. The summed E-state index contributed by atoms with van der Waals surface area (Å²) in [6.07, 6.45) is 0.395. The number of azide groups is 1. The highest BCUT2D eigenvalue weighted by Gasteiger charge is 2.56. The van der Waals surface area contributed by atoms with Gasteiger partial charge in [-0.1, -0.05) is 18.0 Å². The van der Waals surface area contributed by atoms with E-state index in [0.29, 0.717) is 18.7 Å². The Balaban J connectivity index is 2.28. The fraction of sp³-hybridized carbons (Fsp3) is 0.630. The number of aromatic nitrogens is 1. The van der Waals surface area contributed by atoms with Gasteiger partial charge in [0.05, 0.1) is 5.56 Å². The van der Waals surface area contributed by atoms with Crippen molar-refractivity contribution in [3.8, 4) is 0 Å². The van der Waals surface area contributed by atoms with Crippen molar-refractivity contribution in [3.63, 3.8) is 0 Å². The Morgan fingerprint density at radius 3 is 2.02 bits per heavy atom. The molecule has 0 aliphatic carbocycles. The number of hydrogen-bond donors (Lipinski definition) is 0. The first-order valence-corrected chi connectivity index (χ1v) is 13.5. The van der Waals surface area contributed by atoms with Gasteiger partial charge in [0.2, 0.25) is 6.10 Å². The molecule has 2 heterocycles. The Morgan fingerprint density at radius 2 is 1.45 bits per heavy atom. The number of carbonyl (C=O) groups excluding carboxylic acids is 5. The summed E-state index contributed by atoms with van der Waals surface area (Å²) in [5.74, 6) is -2.99. The molecule has 1 aliphatic heterocycles. The summed E-state index contributed by atoms with van der Waals surface area (Å²) in [6, 6.07) is 3.12. The highest BCUT2D eigenvalue weighted by molar-refractivity contribution is 5.93. The summed E-state index contributed by atoms with van der Waals surface area (Å²) in [5.41, 5.74) is 8.71. The van der Waals surface area contributed by atoms with E-state index >= 15 is 0 Å². The summed E-state index contributed by atoms with van der Waals surface area (Å²) >= 11 is 0. The zero-order chi connectivity index (χ0) is 31.2. The van der Waals surface area contributed by atoms with Crippen molar-refractivity contribution in [2.24, 2.45) is 5.11 Å². The van der Waals surface area contributed by atoms with Crippen LogP contribution in [0.1, 0.15) is 70.0 Å². The van der Waals surface area contributed by atoms with E-state index in [1.165, 1.54) is 23.9 Å². The van der Waals surface area contributed by atoms with Crippen LogP contribution in [0.5, 0.6) is 0 Å². The van der Waals surface area contributed by atoms with Crippen LogP contribution in [0.2, 0.25) is 0 Å². The van der Waals surface area contributed by atoms with Crippen LogP contribution in [0.15, 0.2) is 29.6 Å². The van der Waals surface area contributed by atoms with Gasteiger partial charge in [-0.05, 0) is 18.4 Å². The third kappa shape index (κ3) is 10.6. The Hall–Kier alpha value is -4.23. The van der Waals surface area contributed by atoms with Gasteiger partial charge in [-0.15, -0.1) is 0 Å². The summed E-state index contributed by atoms with van der Waals surface area (Å²) in [6.45, 7) is 5.30. The minimum absolute atomic E-state index is 0.210. The SMILES string of the molecule is CC(=O)OC[C@H]1O[C@H]([n+]2ccc(C(=O)N(C)CCCCCCN=[N+]=[N-])cc2)[C@@H](OC(C)=O)[C@@H](OC(C)=O)[C@@H]1OC(C)=O. The van der Waals surface area contributed by atoms with Crippen molar-refractivity contribution in [2.45, 2.75) is 84.0 Å². The third-order valence-corrected chi connectivity index (χ3v) is 6.27. The Kier molecular flexibility index (Phi) is 13.7. The van der Waals surface area contributed by atoms with Crippen LogP contribution in [-0.4, -0.2) is 85.8 Å². The van der Waals surface area contributed by atoms with Crippen molar-refractivity contribution in [2.75, 3.05) is 26.7 Å². The minimum atomic E-state index is -1.30. The number of hydrogen-bond acceptors (Lipinski definition) is 11. The summed E-state index contributed by atoms with van der Waals surface area (Å²) < 4.78 is 29.1. The maximum atomic E-state index is 13.0. The van der Waals surface area contributed by atoms with E-state index < -0.39 is 54.5 Å². The molecule has 1 aromatic rings. The number of unbranched alkanes of at least 4 members (excludes halogenated alkanes) is 3. The first-order chi connectivity index (χ1) is 19.9. The standard InChI is InChI=1S/C27H38N5O10/c1-17(33)38-16-22-23(39-18(2)34)24(40-19(3)35)25(41-20(4)36)27(42-22)32-14-10-21(11-15-32)26(37)31(5)13-9-7-6-8-12-29-30-28/h10-11,14-15,22-25,27H,6-9,12-13,16H2,1-5H3/q+1/t22-,23-,24+,25+,27+/m1/s1. The lowest BCUT2D eigenvalue weighted by molar-refractivity contribution is -0.777. The van der Waals surface area contributed by atoms with E-state index in [1.54, 1.807) is 24.1 Å². The number of amides is 1. The molecule has 15 heteroatoms. The van der Waals surface area contributed by atoms with E-state index in [0.717, 1.165) is 46.5 Å². The lowest BCUT2D eigenvalue weighted by atomic mass is 9.97. The predicted molar refractivity (Wildman–Crippen MR) is 143 cm³/mol. The van der Waals surface area contributed by atoms with Gasteiger partial charge >= 0.3 is 30.1 Å². The average Bonchev–Trinajstić information content (AvgIpc) is 2.92. The van der Waals surface area contributed by atoms with E-state index in [1.807, 2.05) is 0 Å². The predicted octanol–water partition coefficient (Wildman–Crippen LogP) is 2.17. The molecule has 5 atom stereocenters. The second kappa shape index (κ2) is 16.9. The molecule has 1 amide bonds. The monoisotopic (exact) mass is 592 g/mol. The molecule has 1 fully saturated rings. The normalized spacial score (nSPS) is 21.3. The van der Waals surface area contributed by atoms with E-state index in [4.69, 9.17) is 29.2 Å². The molecule has 15 nitrogen and oxygen atoms in total. The number of esters is 4. The molecule has 0 bridgehead atoms. The molecule has 0 radical (unpaired) electrons. The maximum absolute atomic E-state index is 13.0. The molecular weight excluding hydrogens is 554 g/mol. The molecular formula is C27H38N5O10+. The van der Waals surface area contributed by atoms with Crippen LogP contribution >= 0.6 is 0 Å². The smallest absolute Gasteiger partial charge is 0.304 e. The largest absolute Gasteiger partial charge is 0.463 e. The van der Waals surface area contributed by atoms with Gasteiger partial charge < -0.3 is 28.6 Å². The highest BCUT2D eigenvalue weighted by atomic mass is 16.7. The molecule has 0 saturated carbocycles. The second-order valence-corrected chi connectivity index (χ2v) is 9.72. The number of pyridine rings is 1. The number of nitrogens with zero attached hydrogens (tertiary/aromatic N) is 5. The number of ether oxygens (including phenoxy) is 5. The van der Waals surface area contributed by atoms with Crippen LogP contribution in [0, 0.1) is 0 Å². The fourth-order valence-corrected chi connectivity index (χ4v) is 4.45. The summed E-state index contributed by atoms with van der Waals surface area (Å²) in [7, 11) is 1.70. The van der Waals surface area contributed by atoms with Crippen molar-refractivity contribution < 1.29 is 52.2 Å². The molecule has 1 aromatic heterocycles. The molecule has 230 valence electrons. The third-order valence-electron chi connectivity index (χ3n) is 6.27.